The van der Waals surface area contributed by atoms with E-state index in [0.717, 1.165) is 32.1 Å². The molecule has 1 saturated carbocycles. The quantitative estimate of drug-likeness (QED) is 0.481. The van der Waals surface area contributed by atoms with Crippen molar-refractivity contribution in [1.29, 1.82) is 0 Å². The zero-order chi connectivity index (χ0) is 13.7. The molecule has 0 aromatic heterocycles. The van der Waals surface area contributed by atoms with Crippen LogP contribution in [0.25, 0.3) is 0 Å². The Bertz CT molecular complexity index is 438. The van der Waals surface area contributed by atoms with Crippen LogP contribution in [0.4, 0.5) is 0 Å². The molecule has 1 aromatic rings. The van der Waals surface area contributed by atoms with Crippen LogP contribution in [0, 0.1) is 5.92 Å². The Balaban J connectivity index is 1.91. The molecule has 2 rings (SSSR count). The van der Waals surface area contributed by atoms with Gasteiger partial charge in [-0.1, -0.05) is 61.2 Å². The summed E-state index contributed by atoms with van der Waals surface area (Å²) < 4.78 is 5.08. The van der Waals surface area contributed by atoms with E-state index in [-0.39, 0.29) is 17.7 Å². The summed E-state index contributed by atoms with van der Waals surface area (Å²) in [5.74, 6) is -0.811. The highest BCUT2D eigenvalue weighted by molar-refractivity contribution is 6.33. The Kier molecular flexibility index (Phi) is 4.97. The zero-order valence-corrected chi connectivity index (χ0v) is 11.4. The summed E-state index contributed by atoms with van der Waals surface area (Å²) >= 11 is 5.89. The molecule has 0 bridgehead atoms. The molecule has 102 valence electrons. The van der Waals surface area contributed by atoms with Gasteiger partial charge < -0.3 is 4.74 Å². The second-order valence-corrected chi connectivity index (χ2v) is 5.21. The number of ketones is 1. The van der Waals surface area contributed by atoms with Gasteiger partial charge in [-0.05, 0) is 12.8 Å². The van der Waals surface area contributed by atoms with E-state index < -0.39 is 5.56 Å². The van der Waals surface area contributed by atoms with Gasteiger partial charge in [-0.25, -0.2) is 0 Å². The molecule has 19 heavy (non-hydrogen) atoms. The SMILES string of the molecule is O=C(OC(Cl)C(=O)c1ccccc1)C1CCCCC1. The second-order valence-electron chi connectivity index (χ2n) is 4.82. The van der Waals surface area contributed by atoms with E-state index in [1.165, 1.54) is 0 Å². The number of halogens is 1. The van der Waals surface area contributed by atoms with Crippen LogP contribution >= 0.6 is 11.6 Å². The fraction of sp³-hybridized carbons (Fsp3) is 0.467. The largest absolute Gasteiger partial charge is 0.438 e. The van der Waals surface area contributed by atoms with Crippen molar-refractivity contribution in [2.45, 2.75) is 37.7 Å². The van der Waals surface area contributed by atoms with E-state index in [1.807, 2.05) is 6.07 Å². The van der Waals surface area contributed by atoms with Gasteiger partial charge in [0.05, 0.1) is 5.92 Å². The van der Waals surface area contributed by atoms with Gasteiger partial charge in [-0.15, -0.1) is 0 Å². The maximum absolute atomic E-state index is 12.0. The molecular formula is C15H17ClO3. The summed E-state index contributed by atoms with van der Waals surface area (Å²) in [6, 6.07) is 8.63. The van der Waals surface area contributed by atoms with Gasteiger partial charge >= 0.3 is 5.97 Å². The lowest BCUT2D eigenvalue weighted by Crippen LogP contribution is -2.27. The molecule has 0 radical (unpaired) electrons. The predicted octanol–water partition coefficient (Wildman–Crippen LogP) is 3.56. The van der Waals surface area contributed by atoms with Gasteiger partial charge in [0.15, 0.2) is 0 Å². The summed E-state index contributed by atoms with van der Waals surface area (Å²) in [7, 11) is 0. The molecule has 1 aromatic carbocycles. The average molecular weight is 281 g/mol. The van der Waals surface area contributed by atoms with Crippen LogP contribution in [0.15, 0.2) is 30.3 Å². The van der Waals surface area contributed by atoms with Crippen LogP contribution in [0.1, 0.15) is 42.5 Å². The van der Waals surface area contributed by atoms with E-state index in [9.17, 15) is 9.59 Å². The topological polar surface area (TPSA) is 43.4 Å². The number of carbonyl (C=O) groups excluding carboxylic acids is 2. The number of Topliss-reactive ketones (excluding diaryl/α,β-unsaturated/α-hetero) is 1. The maximum Gasteiger partial charge on any atom is 0.310 e. The molecule has 1 aliphatic carbocycles. The van der Waals surface area contributed by atoms with Gasteiger partial charge in [0, 0.05) is 5.56 Å². The van der Waals surface area contributed by atoms with E-state index >= 15 is 0 Å². The molecule has 0 spiro atoms. The third-order valence-corrected chi connectivity index (χ3v) is 3.71. The average Bonchev–Trinajstić information content (AvgIpc) is 2.48. The van der Waals surface area contributed by atoms with Crippen molar-refractivity contribution in [1.82, 2.24) is 0 Å². The third-order valence-electron chi connectivity index (χ3n) is 3.42. The van der Waals surface area contributed by atoms with Crippen molar-refractivity contribution in [2.75, 3.05) is 0 Å². The number of alkyl halides is 1. The van der Waals surface area contributed by atoms with Gasteiger partial charge in [0.2, 0.25) is 11.3 Å². The lowest BCUT2D eigenvalue weighted by molar-refractivity contribution is -0.150. The first-order valence-corrected chi connectivity index (χ1v) is 7.06. The molecule has 0 heterocycles. The fourth-order valence-electron chi connectivity index (χ4n) is 2.32. The molecule has 1 aliphatic rings. The molecule has 0 N–H and O–H groups in total. The number of esters is 1. The van der Waals surface area contributed by atoms with Crippen molar-refractivity contribution in [3.63, 3.8) is 0 Å². The van der Waals surface area contributed by atoms with E-state index in [0.29, 0.717) is 5.56 Å². The first kappa shape index (κ1) is 14.1. The van der Waals surface area contributed by atoms with Gasteiger partial charge in [0.25, 0.3) is 0 Å². The molecule has 0 amide bonds. The lowest BCUT2D eigenvalue weighted by Gasteiger charge is -2.21. The van der Waals surface area contributed by atoms with E-state index in [2.05, 4.69) is 0 Å². The van der Waals surface area contributed by atoms with Crippen LogP contribution in [-0.4, -0.2) is 17.3 Å². The minimum Gasteiger partial charge on any atom is -0.438 e. The Morgan fingerprint density at radius 1 is 1.11 bits per heavy atom. The van der Waals surface area contributed by atoms with Crippen molar-refractivity contribution >= 4 is 23.4 Å². The Hall–Kier alpha value is -1.35. The van der Waals surface area contributed by atoms with E-state index in [1.54, 1.807) is 24.3 Å². The van der Waals surface area contributed by atoms with Crippen LogP contribution in [0.3, 0.4) is 0 Å². The Labute approximate surface area is 117 Å². The van der Waals surface area contributed by atoms with Crippen LogP contribution in [-0.2, 0) is 9.53 Å². The highest BCUT2D eigenvalue weighted by Crippen LogP contribution is 2.25. The molecule has 1 atom stereocenters. The van der Waals surface area contributed by atoms with Crippen LogP contribution < -0.4 is 0 Å². The summed E-state index contributed by atoms with van der Waals surface area (Å²) in [4.78, 5) is 23.8. The standard InChI is InChI=1S/C15H17ClO3/c16-14(13(17)11-7-3-1-4-8-11)19-15(18)12-9-5-2-6-10-12/h1,3-4,7-8,12,14H,2,5-6,9-10H2. The Morgan fingerprint density at radius 3 is 2.37 bits per heavy atom. The molecule has 1 unspecified atom stereocenters. The smallest absolute Gasteiger partial charge is 0.310 e. The van der Waals surface area contributed by atoms with Gasteiger partial charge in [0.1, 0.15) is 0 Å². The molecule has 0 aliphatic heterocycles. The molecule has 3 nitrogen and oxygen atoms in total. The number of carbonyl (C=O) groups is 2. The molecule has 4 heteroatoms. The summed E-state index contributed by atoms with van der Waals surface area (Å²) in [6.45, 7) is 0. The number of benzene rings is 1. The molecule has 1 fully saturated rings. The van der Waals surface area contributed by atoms with Crippen molar-refractivity contribution in [3.05, 3.63) is 35.9 Å². The number of ether oxygens (including phenoxy) is 1. The number of hydrogen-bond acceptors (Lipinski definition) is 3. The van der Waals surface area contributed by atoms with Crippen molar-refractivity contribution in [2.24, 2.45) is 5.92 Å². The monoisotopic (exact) mass is 280 g/mol. The third kappa shape index (κ3) is 3.80. The fourth-order valence-corrected chi connectivity index (χ4v) is 2.54. The Morgan fingerprint density at radius 2 is 1.74 bits per heavy atom. The highest BCUT2D eigenvalue weighted by Gasteiger charge is 2.27. The van der Waals surface area contributed by atoms with Crippen molar-refractivity contribution in [3.8, 4) is 0 Å². The second kappa shape index (κ2) is 6.71. The first-order valence-electron chi connectivity index (χ1n) is 6.62. The number of rotatable bonds is 4. The maximum atomic E-state index is 12.0. The predicted molar refractivity (Wildman–Crippen MR) is 73.1 cm³/mol. The normalized spacial score (nSPS) is 17.7. The minimum atomic E-state index is -1.23. The number of hydrogen-bond donors (Lipinski definition) is 0. The summed E-state index contributed by atoms with van der Waals surface area (Å²) in [5.41, 5.74) is -0.768. The highest BCUT2D eigenvalue weighted by atomic mass is 35.5. The van der Waals surface area contributed by atoms with E-state index in [4.69, 9.17) is 16.3 Å². The summed E-state index contributed by atoms with van der Waals surface area (Å²) in [6.07, 6.45) is 4.92. The van der Waals surface area contributed by atoms with Crippen molar-refractivity contribution < 1.29 is 14.3 Å². The zero-order valence-electron chi connectivity index (χ0n) is 10.7. The van der Waals surface area contributed by atoms with Crippen LogP contribution in [0.2, 0.25) is 0 Å². The lowest BCUT2D eigenvalue weighted by atomic mass is 9.89. The van der Waals surface area contributed by atoms with Gasteiger partial charge in [-0.3, -0.25) is 9.59 Å². The summed E-state index contributed by atoms with van der Waals surface area (Å²) in [5, 5.41) is 0. The minimum absolute atomic E-state index is 0.0985. The van der Waals surface area contributed by atoms with Gasteiger partial charge in [-0.2, -0.15) is 0 Å². The van der Waals surface area contributed by atoms with Crippen LogP contribution in [0.5, 0.6) is 0 Å². The molecular weight excluding hydrogens is 264 g/mol. The first-order chi connectivity index (χ1) is 9.18. The molecule has 0 saturated heterocycles.